The number of halogens is 3. The summed E-state index contributed by atoms with van der Waals surface area (Å²) in [6.07, 6.45) is -2.68. The van der Waals surface area contributed by atoms with Crippen molar-refractivity contribution in [2.75, 3.05) is 19.6 Å². The first kappa shape index (κ1) is 15.8. The van der Waals surface area contributed by atoms with Gasteiger partial charge in [0, 0.05) is 12.6 Å². The monoisotopic (exact) mass is 297 g/mol. The Balaban J connectivity index is 1.75. The van der Waals surface area contributed by atoms with Crippen molar-refractivity contribution in [3.05, 3.63) is 35.4 Å². The molecule has 0 spiro atoms. The Kier molecular flexibility index (Phi) is 5.21. The summed E-state index contributed by atoms with van der Waals surface area (Å²) in [5.41, 5.74) is 1.64. The van der Waals surface area contributed by atoms with E-state index < -0.39 is 12.7 Å². The van der Waals surface area contributed by atoms with Crippen LogP contribution in [0.2, 0.25) is 0 Å². The summed E-state index contributed by atoms with van der Waals surface area (Å²) < 4.78 is 36.9. The first-order chi connectivity index (χ1) is 9.96. The number of nitriles is 1. The number of rotatable bonds is 4. The summed E-state index contributed by atoms with van der Waals surface area (Å²) in [5, 5.41) is 12.2. The van der Waals surface area contributed by atoms with E-state index in [1.807, 2.05) is 18.2 Å². The fourth-order valence-corrected chi connectivity index (χ4v) is 2.56. The molecule has 0 aliphatic carbocycles. The van der Waals surface area contributed by atoms with E-state index in [1.54, 1.807) is 6.07 Å². The summed E-state index contributed by atoms with van der Waals surface area (Å²) in [7, 11) is 0. The van der Waals surface area contributed by atoms with Gasteiger partial charge in [-0.05, 0) is 43.6 Å². The largest absolute Gasteiger partial charge is 0.401 e. The highest BCUT2D eigenvalue weighted by Gasteiger charge is 2.32. The van der Waals surface area contributed by atoms with E-state index in [0.29, 0.717) is 38.0 Å². The third kappa shape index (κ3) is 5.37. The van der Waals surface area contributed by atoms with Gasteiger partial charge in [0.25, 0.3) is 0 Å². The fraction of sp³-hybridized carbons (Fsp3) is 0.533. The van der Waals surface area contributed by atoms with Gasteiger partial charge in [0.05, 0.1) is 18.2 Å². The number of likely N-dealkylation sites (tertiary alicyclic amines) is 1. The van der Waals surface area contributed by atoms with E-state index in [2.05, 4.69) is 11.4 Å². The molecule has 3 nitrogen and oxygen atoms in total. The quantitative estimate of drug-likeness (QED) is 0.928. The maximum atomic E-state index is 12.3. The lowest BCUT2D eigenvalue weighted by Gasteiger charge is -2.32. The molecule has 1 aliphatic heterocycles. The van der Waals surface area contributed by atoms with Gasteiger partial charge in [-0.1, -0.05) is 12.1 Å². The molecule has 1 aromatic carbocycles. The van der Waals surface area contributed by atoms with Crippen molar-refractivity contribution in [1.29, 1.82) is 5.26 Å². The lowest BCUT2D eigenvalue weighted by atomic mass is 10.0. The Bertz CT molecular complexity index is 500. The molecule has 0 unspecified atom stereocenters. The van der Waals surface area contributed by atoms with Crippen molar-refractivity contribution in [2.24, 2.45) is 0 Å². The van der Waals surface area contributed by atoms with Crippen molar-refractivity contribution in [2.45, 2.75) is 31.6 Å². The molecule has 1 fully saturated rings. The minimum Gasteiger partial charge on any atom is -0.310 e. The van der Waals surface area contributed by atoms with E-state index in [-0.39, 0.29) is 6.04 Å². The lowest BCUT2D eigenvalue weighted by Crippen LogP contribution is -2.45. The van der Waals surface area contributed by atoms with Crippen molar-refractivity contribution < 1.29 is 13.2 Å². The first-order valence-corrected chi connectivity index (χ1v) is 6.98. The Morgan fingerprint density at radius 3 is 2.62 bits per heavy atom. The van der Waals surface area contributed by atoms with Gasteiger partial charge in [-0.2, -0.15) is 18.4 Å². The summed E-state index contributed by atoms with van der Waals surface area (Å²) in [6.45, 7) is 0.758. The van der Waals surface area contributed by atoms with E-state index in [1.165, 1.54) is 4.90 Å². The van der Waals surface area contributed by atoms with Crippen LogP contribution in [0.5, 0.6) is 0 Å². The van der Waals surface area contributed by atoms with Crippen LogP contribution in [0.25, 0.3) is 0 Å². The molecule has 0 radical (unpaired) electrons. The molecule has 2 rings (SSSR count). The summed E-state index contributed by atoms with van der Waals surface area (Å²) in [4.78, 5) is 1.45. The van der Waals surface area contributed by atoms with E-state index in [0.717, 1.165) is 5.56 Å². The molecule has 6 heteroatoms. The summed E-state index contributed by atoms with van der Waals surface area (Å²) in [5.74, 6) is 0. The molecule has 1 aromatic rings. The second kappa shape index (κ2) is 6.92. The average molecular weight is 297 g/mol. The van der Waals surface area contributed by atoms with Gasteiger partial charge < -0.3 is 5.32 Å². The highest BCUT2D eigenvalue weighted by atomic mass is 19.4. The molecule has 1 saturated heterocycles. The predicted octanol–water partition coefficient (Wildman–Crippen LogP) is 2.67. The van der Waals surface area contributed by atoms with Crippen LogP contribution in [0.4, 0.5) is 13.2 Å². The Labute approximate surface area is 122 Å². The third-order valence-corrected chi connectivity index (χ3v) is 3.64. The number of piperidine rings is 1. The van der Waals surface area contributed by atoms with Gasteiger partial charge in [-0.3, -0.25) is 4.90 Å². The zero-order valence-electron chi connectivity index (χ0n) is 11.7. The number of alkyl halides is 3. The predicted molar refractivity (Wildman–Crippen MR) is 73.5 cm³/mol. The summed E-state index contributed by atoms with van der Waals surface area (Å²) in [6, 6.07) is 9.67. The van der Waals surface area contributed by atoms with Crippen molar-refractivity contribution in [3.8, 4) is 6.07 Å². The molecule has 1 heterocycles. The van der Waals surface area contributed by atoms with Gasteiger partial charge in [0.2, 0.25) is 0 Å². The maximum Gasteiger partial charge on any atom is 0.401 e. The Hall–Kier alpha value is -1.58. The molecular weight excluding hydrogens is 279 g/mol. The van der Waals surface area contributed by atoms with Crippen molar-refractivity contribution in [3.63, 3.8) is 0 Å². The second-order valence-corrected chi connectivity index (χ2v) is 5.36. The van der Waals surface area contributed by atoms with Gasteiger partial charge in [0.15, 0.2) is 0 Å². The highest BCUT2D eigenvalue weighted by Crippen LogP contribution is 2.20. The molecule has 0 saturated carbocycles. The maximum absolute atomic E-state index is 12.3. The molecule has 1 N–H and O–H groups in total. The summed E-state index contributed by atoms with van der Waals surface area (Å²) >= 11 is 0. The number of hydrogen-bond acceptors (Lipinski definition) is 3. The molecule has 21 heavy (non-hydrogen) atoms. The number of nitrogens with zero attached hydrogens (tertiary/aromatic N) is 2. The smallest absolute Gasteiger partial charge is 0.310 e. The number of hydrogen-bond donors (Lipinski definition) is 1. The second-order valence-electron chi connectivity index (χ2n) is 5.36. The molecule has 0 amide bonds. The topological polar surface area (TPSA) is 39.1 Å². The molecule has 114 valence electrons. The highest BCUT2D eigenvalue weighted by molar-refractivity contribution is 5.32. The van der Waals surface area contributed by atoms with Crippen LogP contribution in [0.3, 0.4) is 0 Å². The van der Waals surface area contributed by atoms with Crippen LogP contribution in [0.15, 0.2) is 24.3 Å². The van der Waals surface area contributed by atoms with Crippen LogP contribution in [-0.4, -0.2) is 36.8 Å². The van der Waals surface area contributed by atoms with Crippen LogP contribution in [0.1, 0.15) is 24.0 Å². The minimum absolute atomic E-state index is 0.236. The minimum atomic E-state index is -4.11. The Morgan fingerprint density at radius 2 is 2.00 bits per heavy atom. The van der Waals surface area contributed by atoms with Gasteiger partial charge in [0.1, 0.15) is 0 Å². The first-order valence-electron chi connectivity index (χ1n) is 6.98. The van der Waals surface area contributed by atoms with E-state index in [9.17, 15) is 13.2 Å². The lowest BCUT2D eigenvalue weighted by molar-refractivity contribution is -0.148. The van der Waals surface area contributed by atoms with Crippen LogP contribution in [-0.2, 0) is 6.54 Å². The Morgan fingerprint density at radius 1 is 1.29 bits per heavy atom. The molecule has 0 atom stereocenters. The van der Waals surface area contributed by atoms with Crippen molar-refractivity contribution >= 4 is 0 Å². The molecular formula is C15H18F3N3. The molecule has 1 aliphatic rings. The van der Waals surface area contributed by atoms with E-state index in [4.69, 9.17) is 5.26 Å². The normalized spacial score (nSPS) is 17.6. The fourth-order valence-electron chi connectivity index (χ4n) is 2.56. The molecule has 0 aromatic heterocycles. The average Bonchev–Trinajstić information content (AvgIpc) is 2.45. The van der Waals surface area contributed by atoms with Crippen molar-refractivity contribution in [1.82, 2.24) is 10.2 Å². The zero-order chi connectivity index (χ0) is 15.3. The standard InChI is InChI=1S/C15H18F3N3/c16-15(17,18)11-21-6-4-14(5-7-21)20-10-13-3-1-2-12(8-13)9-19/h1-3,8,14,20H,4-7,10-11H2. The van der Waals surface area contributed by atoms with Gasteiger partial charge in [-0.15, -0.1) is 0 Å². The van der Waals surface area contributed by atoms with Crippen LogP contribution < -0.4 is 5.32 Å². The third-order valence-electron chi connectivity index (χ3n) is 3.64. The van der Waals surface area contributed by atoms with Crippen LogP contribution >= 0.6 is 0 Å². The number of nitrogens with one attached hydrogen (secondary N) is 1. The zero-order valence-corrected chi connectivity index (χ0v) is 11.7. The van der Waals surface area contributed by atoms with Gasteiger partial charge in [-0.25, -0.2) is 0 Å². The number of benzene rings is 1. The van der Waals surface area contributed by atoms with Crippen LogP contribution in [0, 0.1) is 11.3 Å². The van der Waals surface area contributed by atoms with Gasteiger partial charge >= 0.3 is 6.18 Å². The SMILES string of the molecule is N#Cc1cccc(CNC2CCN(CC(F)(F)F)CC2)c1. The van der Waals surface area contributed by atoms with E-state index >= 15 is 0 Å². The molecule has 0 bridgehead atoms.